The predicted molar refractivity (Wildman–Crippen MR) is 100 cm³/mol. The fourth-order valence-corrected chi connectivity index (χ4v) is 2.82. The molecule has 0 radical (unpaired) electrons. The zero-order valence-electron chi connectivity index (χ0n) is 14.0. The maximum Gasteiger partial charge on any atom is 0.255 e. The van der Waals surface area contributed by atoms with Crippen LogP contribution >= 0.6 is 11.6 Å². The van der Waals surface area contributed by atoms with Crippen molar-refractivity contribution < 1.29 is 17.9 Å². The molecule has 2 N–H and O–H groups in total. The van der Waals surface area contributed by atoms with Gasteiger partial charge in [0.25, 0.3) is 5.91 Å². The van der Waals surface area contributed by atoms with Crippen LogP contribution in [0.1, 0.15) is 24.2 Å². The van der Waals surface area contributed by atoms with Crippen molar-refractivity contribution >= 4 is 38.9 Å². The molecule has 0 saturated carbocycles. The van der Waals surface area contributed by atoms with Crippen LogP contribution in [0.5, 0.6) is 5.75 Å². The number of hydrogen-bond donors (Lipinski definition) is 2. The van der Waals surface area contributed by atoms with Gasteiger partial charge in [-0.1, -0.05) is 11.6 Å². The minimum atomic E-state index is -3.43. The first-order chi connectivity index (χ1) is 11.7. The lowest BCUT2D eigenvalue weighted by Crippen LogP contribution is -2.22. The fourth-order valence-electron chi connectivity index (χ4n) is 1.94. The van der Waals surface area contributed by atoms with Gasteiger partial charge < -0.3 is 10.1 Å². The molecular weight excluding hydrogens is 364 g/mol. The third-order valence-electron chi connectivity index (χ3n) is 3.44. The standard InChI is InChI=1S/C17H19ClN2O4S/c1-11(2)25(22,23)20-14-7-4-12(5-8-14)17(21)19-15-10-13(18)6-9-16(15)24-3/h4-11,20H,1-3H3,(H,19,21). The molecule has 0 saturated heterocycles. The average Bonchev–Trinajstić information content (AvgIpc) is 2.55. The first-order valence-corrected chi connectivity index (χ1v) is 9.42. The van der Waals surface area contributed by atoms with E-state index < -0.39 is 15.3 Å². The number of sulfonamides is 1. The lowest BCUT2D eigenvalue weighted by molar-refractivity contribution is 0.102. The van der Waals surface area contributed by atoms with Gasteiger partial charge in [-0.15, -0.1) is 0 Å². The Balaban J connectivity index is 2.15. The Bertz CT molecular complexity index is 865. The van der Waals surface area contributed by atoms with Crippen molar-refractivity contribution in [2.24, 2.45) is 0 Å². The van der Waals surface area contributed by atoms with Gasteiger partial charge in [0.05, 0.1) is 18.0 Å². The van der Waals surface area contributed by atoms with Crippen molar-refractivity contribution in [1.82, 2.24) is 0 Å². The number of rotatable bonds is 6. The monoisotopic (exact) mass is 382 g/mol. The number of methoxy groups -OCH3 is 1. The maximum atomic E-state index is 12.3. The molecule has 0 aliphatic rings. The summed E-state index contributed by atoms with van der Waals surface area (Å²) in [7, 11) is -1.93. The number of amides is 1. The summed E-state index contributed by atoms with van der Waals surface area (Å²) in [4.78, 5) is 12.3. The summed E-state index contributed by atoms with van der Waals surface area (Å²) in [6, 6.07) is 11.0. The molecule has 2 aromatic carbocycles. The Morgan fingerprint density at radius 3 is 2.32 bits per heavy atom. The smallest absolute Gasteiger partial charge is 0.255 e. The molecule has 0 aliphatic heterocycles. The van der Waals surface area contributed by atoms with E-state index in [1.807, 2.05) is 0 Å². The number of anilines is 2. The molecule has 0 atom stereocenters. The number of nitrogens with one attached hydrogen (secondary N) is 2. The minimum Gasteiger partial charge on any atom is -0.495 e. The lowest BCUT2D eigenvalue weighted by Gasteiger charge is -2.12. The van der Waals surface area contributed by atoms with Crippen molar-refractivity contribution in [2.75, 3.05) is 17.1 Å². The fraction of sp³-hybridized carbons (Fsp3) is 0.235. The number of benzene rings is 2. The van der Waals surface area contributed by atoms with Crippen LogP contribution in [-0.4, -0.2) is 26.7 Å². The van der Waals surface area contributed by atoms with E-state index in [0.717, 1.165) is 0 Å². The Labute approximate surface area is 152 Å². The summed E-state index contributed by atoms with van der Waals surface area (Å²) >= 11 is 5.94. The quantitative estimate of drug-likeness (QED) is 0.796. The summed E-state index contributed by atoms with van der Waals surface area (Å²) in [5, 5.41) is 2.63. The van der Waals surface area contributed by atoms with Gasteiger partial charge in [-0.25, -0.2) is 8.42 Å². The van der Waals surface area contributed by atoms with Crippen molar-refractivity contribution in [1.29, 1.82) is 0 Å². The summed E-state index contributed by atoms with van der Waals surface area (Å²) in [6.07, 6.45) is 0. The SMILES string of the molecule is COc1ccc(Cl)cc1NC(=O)c1ccc(NS(=O)(=O)C(C)C)cc1. The van der Waals surface area contributed by atoms with Crippen molar-refractivity contribution in [3.63, 3.8) is 0 Å². The average molecular weight is 383 g/mol. The van der Waals surface area contributed by atoms with Crippen LogP contribution in [0.25, 0.3) is 0 Å². The van der Waals surface area contributed by atoms with E-state index in [0.29, 0.717) is 27.7 Å². The molecule has 25 heavy (non-hydrogen) atoms. The van der Waals surface area contributed by atoms with Crippen molar-refractivity contribution in [2.45, 2.75) is 19.1 Å². The number of ether oxygens (including phenoxy) is 1. The van der Waals surface area contributed by atoms with Crippen LogP contribution in [0.3, 0.4) is 0 Å². The zero-order chi connectivity index (χ0) is 18.6. The van der Waals surface area contributed by atoms with E-state index in [1.54, 1.807) is 32.0 Å². The van der Waals surface area contributed by atoms with Gasteiger partial charge >= 0.3 is 0 Å². The number of hydrogen-bond acceptors (Lipinski definition) is 4. The molecular formula is C17H19ClN2O4S. The molecule has 134 valence electrons. The molecule has 2 rings (SSSR count). The van der Waals surface area contributed by atoms with Gasteiger partial charge in [0, 0.05) is 16.3 Å². The summed E-state index contributed by atoms with van der Waals surface area (Å²) in [6.45, 7) is 3.17. The lowest BCUT2D eigenvalue weighted by atomic mass is 10.2. The molecule has 0 fully saturated rings. The first-order valence-electron chi connectivity index (χ1n) is 7.49. The van der Waals surface area contributed by atoms with Crippen LogP contribution in [0.2, 0.25) is 5.02 Å². The van der Waals surface area contributed by atoms with Gasteiger partial charge in [0.15, 0.2) is 0 Å². The number of carbonyl (C=O) groups excluding carboxylic acids is 1. The Kier molecular flexibility index (Phi) is 5.92. The van der Waals surface area contributed by atoms with Crippen LogP contribution in [0.4, 0.5) is 11.4 Å². The maximum absolute atomic E-state index is 12.3. The minimum absolute atomic E-state index is 0.362. The highest BCUT2D eigenvalue weighted by molar-refractivity contribution is 7.93. The van der Waals surface area contributed by atoms with Crippen molar-refractivity contribution in [3.8, 4) is 5.75 Å². The van der Waals surface area contributed by atoms with Crippen LogP contribution in [-0.2, 0) is 10.0 Å². The second-order valence-electron chi connectivity index (χ2n) is 5.57. The molecule has 0 aromatic heterocycles. The Morgan fingerprint density at radius 2 is 1.76 bits per heavy atom. The van der Waals surface area contributed by atoms with Crippen LogP contribution in [0, 0.1) is 0 Å². The summed E-state index contributed by atoms with van der Waals surface area (Å²) in [5.41, 5.74) is 1.21. The van der Waals surface area contributed by atoms with Gasteiger partial charge in [-0.2, -0.15) is 0 Å². The van der Waals surface area contributed by atoms with Gasteiger partial charge in [0.2, 0.25) is 10.0 Å². The molecule has 6 nitrogen and oxygen atoms in total. The molecule has 2 aromatic rings. The van der Waals surface area contributed by atoms with Gasteiger partial charge in [0.1, 0.15) is 5.75 Å². The van der Waals surface area contributed by atoms with Gasteiger partial charge in [-0.05, 0) is 56.3 Å². The van der Waals surface area contributed by atoms with E-state index in [2.05, 4.69) is 10.0 Å². The normalized spacial score (nSPS) is 11.2. The highest BCUT2D eigenvalue weighted by Crippen LogP contribution is 2.28. The third-order valence-corrected chi connectivity index (χ3v) is 5.43. The highest BCUT2D eigenvalue weighted by Gasteiger charge is 2.16. The van der Waals surface area contributed by atoms with Crippen LogP contribution < -0.4 is 14.8 Å². The molecule has 0 bridgehead atoms. The third kappa shape index (κ3) is 4.87. The predicted octanol–water partition coefficient (Wildman–Crippen LogP) is 3.75. The van der Waals surface area contributed by atoms with Gasteiger partial charge in [-0.3, -0.25) is 9.52 Å². The van der Waals surface area contributed by atoms with Crippen LogP contribution in [0.15, 0.2) is 42.5 Å². The Hall–Kier alpha value is -2.25. The molecule has 0 spiro atoms. The molecule has 0 aliphatic carbocycles. The summed E-state index contributed by atoms with van der Waals surface area (Å²) < 4.78 is 31.3. The largest absolute Gasteiger partial charge is 0.495 e. The first kappa shape index (κ1) is 19.1. The zero-order valence-corrected chi connectivity index (χ0v) is 15.6. The molecule has 1 amide bonds. The highest BCUT2D eigenvalue weighted by atomic mass is 35.5. The molecule has 0 unspecified atom stereocenters. The Morgan fingerprint density at radius 1 is 1.12 bits per heavy atom. The summed E-state index contributed by atoms with van der Waals surface area (Å²) in [5.74, 6) is 0.123. The number of carbonyl (C=O) groups is 1. The van der Waals surface area contributed by atoms with E-state index in [9.17, 15) is 13.2 Å². The second kappa shape index (κ2) is 7.76. The topological polar surface area (TPSA) is 84.5 Å². The van der Waals surface area contributed by atoms with E-state index in [1.165, 1.54) is 31.4 Å². The molecule has 8 heteroatoms. The molecule has 0 heterocycles. The van der Waals surface area contributed by atoms with E-state index in [-0.39, 0.29) is 5.91 Å². The van der Waals surface area contributed by atoms with E-state index in [4.69, 9.17) is 16.3 Å². The second-order valence-corrected chi connectivity index (χ2v) is 8.25. The van der Waals surface area contributed by atoms with Crippen molar-refractivity contribution in [3.05, 3.63) is 53.1 Å². The number of halogens is 1. The van der Waals surface area contributed by atoms with E-state index >= 15 is 0 Å².